The minimum absolute atomic E-state index is 0.566. The Kier molecular flexibility index (Phi) is 23.7. The van der Waals surface area contributed by atoms with Crippen molar-refractivity contribution >= 4 is 0 Å². The van der Waals surface area contributed by atoms with Gasteiger partial charge in [-0.1, -0.05) is 0 Å². The van der Waals surface area contributed by atoms with Gasteiger partial charge in [-0.25, -0.2) is 0 Å². The van der Waals surface area contributed by atoms with E-state index in [4.69, 9.17) is 47.4 Å². The van der Waals surface area contributed by atoms with Gasteiger partial charge in [0.25, 0.3) is 0 Å². The van der Waals surface area contributed by atoms with E-state index < -0.39 is 0 Å². The Morgan fingerprint density at radius 3 is 0.579 bits per heavy atom. The van der Waals surface area contributed by atoms with Crippen LogP contribution in [0.25, 0.3) is 0 Å². The van der Waals surface area contributed by atoms with Crippen molar-refractivity contribution in [2.24, 2.45) is 0 Å². The van der Waals surface area contributed by atoms with Gasteiger partial charge in [-0.3, -0.25) is 9.80 Å². The normalized spacial score (nSPS) is 24.9. The molecule has 0 atom stereocenters. The molecule has 12 nitrogen and oxygen atoms in total. The summed E-state index contributed by atoms with van der Waals surface area (Å²) in [5, 5.41) is 0. The second kappa shape index (κ2) is 26.7. The van der Waals surface area contributed by atoms with E-state index in [1.54, 1.807) is 0 Å². The molecule has 0 unspecified atom stereocenters. The maximum Gasteiger partial charge on any atom is 0.0701 e. The zero-order valence-electron chi connectivity index (χ0n) is 23.4. The van der Waals surface area contributed by atoms with Crippen molar-refractivity contribution in [2.75, 3.05) is 171 Å². The molecule has 0 aromatic heterocycles. The molecular weight excluding hydrogens is 500 g/mol. The quantitative estimate of drug-likeness (QED) is 0.463. The smallest absolute Gasteiger partial charge is 0.0701 e. The summed E-state index contributed by atoms with van der Waals surface area (Å²) in [6.07, 6.45) is 0. The van der Waals surface area contributed by atoms with E-state index >= 15 is 0 Å². The first-order valence-electron chi connectivity index (χ1n) is 14.2. The third kappa shape index (κ3) is 21.4. The Bertz CT molecular complexity index is 417. The zero-order chi connectivity index (χ0) is 26.6. The lowest BCUT2D eigenvalue weighted by Crippen LogP contribution is -2.41. The maximum atomic E-state index is 5.80. The van der Waals surface area contributed by atoms with Crippen LogP contribution in [0, 0.1) is 0 Å². The molecule has 0 aromatic carbocycles. The highest BCUT2D eigenvalue weighted by Gasteiger charge is 2.11. The summed E-state index contributed by atoms with van der Waals surface area (Å²) >= 11 is 0. The van der Waals surface area contributed by atoms with E-state index in [0.29, 0.717) is 132 Å². The second-order valence-corrected chi connectivity index (χ2v) is 8.81. The summed E-state index contributed by atoms with van der Waals surface area (Å²) in [7, 11) is 0. The number of hydrogen-bond acceptors (Lipinski definition) is 12. The van der Waals surface area contributed by atoms with Crippen LogP contribution in [0.3, 0.4) is 0 Å². The summed E-state index contributed by atoms with van der Waals surface area (Å²) in [4.78, 5) is 4.77. The molecule has 0 N–H and O–H groups in total. The van der Waals surface area contributed by atoms with Crippen LogP contribution in [-0.2, 0) is 47.4 Å². The molecule has 226 valence electrons. The number of hydrogen-bond donors (Lipinski definition) is 0. The lowest BCUT2D eigenvalue weighted by Gasteiger charge is -2.28. The lowest BCUT2D eigenvalue weighted by molar-refractivity contribution is -0.0218. The fraction of sp³-hybridized carbons (Fsp3) is 1.00. The Morgan fingerprint density at radius 1 is 0.237 bits per heavy atom. The minimum Gasteiger partial charge on any atom is -0.378 e. The van der Waals surface area contributed by atoms with E-state index in [1.807, 2.05) is 0 Å². The summed E-state index contributed by atoms with van der Waals surface area (Å²) in [5.74, 6) is 0. The maximum absolute atomic E-state index is 5.80. The molecule has 0 radical (unpaired) electrons. The van der Waals surface area contributed by atoms with Gasteiger partial charge in [-0.15, -0.1) is 0 Å². The molecule has 12 heteroatoms. The van der Waals surface area contributed by atoms with Crippen LogP contribution in [0.15, 0.2) is 0 Å². The number of ether oxygens (including phenoxy) is 10. The van der Waals surface area contributed by atoms with Crippen LogP contribution in [0.1, 0.15) is 0 Å². The largest absolute Gasteiger partial charge is 0.378 e. The summed E-state index contributed by atoms with van der Waals surface area (Å²) in [6.45, 7) is 16.9. The predicted octanol–water partition coefficient (Wildman–Crippen LogP) is -0.216. The first-order valence-corrected chi connectivity index (χ1v) is 14.2. The van der Waals surface area contributed by atoms with Gasteiger partial charge in [0.15, 0.2) is 0 Å². The average Bonchev–Trinajstić information content (AvgIpc) is 2.93. The molecule has 0 bridgehead atoms. The Hall–Kier alpha value is -0.480. The fourth-order valence-corrected chi connectivity index (χ4v) is 3.69. The average molecular weight is 553 g/mol. The number of rotatable bonds is 3. The van der Waals surface area contributed by atoms with Gasteiger partial charge in [0.1, 0.15) is 0 Å². The third-order valence-electron chi connectivity index (χ3n) is 5.92. The molecule has 2 heterocycles. The van der Waals surface area contributed by atoms with Crippen LogP contribution in [0.5, 0.6) is 0 Å². The molecule has 2 rings (SSSR count). The monoisotopic (exact) mass is 552 g/mol. The van der Waals surface area contributed by atoms with E-state index in [0.717, 1.165) is 39.3 Å². The third-order valence-corrected chi connectivity index (χ3v) is 5.92. The molecule has 2 fully saturated rings. The predicted molar refractivity (Wildman–Crippen MR) is 141 cm³/mol. The van der Waals surface area contributed by atoms with Crippen LogP contribution in [0.4, 0.5) is 0 Å². The standard InChI is InChI=1S/C26H52N2O10/c1(27-3-7-29-11-15-33-19-23-37-24-20-34-16-12-30-8-4-27)2-28-5-9-31-13-17-35-21-25-38-26-22-36-18-14-32-10-6-28/h1-26H2. The van der Waals surface area contributed by atoms with Gasteiger partial charge in [-0.05, 0) is 0 Å². The van der Waals surface area contributed by atoms with Crippen molar-refractivity contribution in [2.45, 2.75) is 0 Å². The summed E-state index contributed by atoms with van der Waals surface area (Å²) < 4.78 is 56.3. The fourth-order valence-electron chi connectivity index (χ4n) is 3.69. The van der Waals surface area contributed by atoms with E-state index in [1.165, 1.54) is 0 Å². The highest BCUT2D eigenvalue weighted by molar-refractivity contribution is 4.64. The van der Waals surface area contributed by atoms with Crippen LogP contribution < -0.4 is 0 Å². The first kappa shape index (κ1) is 33.7. The van der Waals surface area contributed by atoms with Crippen molar-refractivity contribution in [1.82, 2.24) is 9.80 Å². The van der Waals surface area contributed by atoms with Crippen LogP contribution in [0.2, 0.25) is 0 Å². The van der Waals surface area contributed by atoms with E-state index in [2.05, 4.69) is 9.80 Å². The summed E-state index contributed by atoms with van der Waals surface area (Å²) in [6, 6.07) is 0. The minimum atomic E-state index is 0.566. The van der Waals surface area contributed by atoms with Crippen molar-refractivity contribution in [3.63, 3.8) is 0 Å². The molecule has 0 saturated carbocycles. The molecule has 38 heavy (non-hydrogen) atoms. The number of nitrogens with zero attached hydrogens (tertiary/aromatic N) is 2. The highest BCUT2D eigenvalue weighted by atomic mass is 16.6. The van der Waals surface area contributed by atoms with Gasteiger partial charge >= 0.3 is 0 Å². The van der Waals surface area contributed by atoms with Gasteiger partial charge in [-0.2, -0.15) is 0 Å². The van der Waals surface area contributed by atoms with Crippen molar-refractivity contribution in [3.05, 3.63) is 0 Å². The first-order chi connectivity index (χ1) is 18.9. The SMILES string of the molecule is C1COCCOCCN(CCN2CCOCCOCCOCCOCCOCC2)CCOCCOCCO1. The van der Waals surface area contributed by atoms with Crippen molar-refractivity contribution in [3.8, 4) is 0 Å². The molecule has 2 aliphatic rings. The van der Waals surface area contributed by atoms with Crippen molar-refractivity contribution < 1.29 is 47.4 Å². The van der Waals surface area contributed by atoms with E-state index in [9.17, 15) is 0 Å². The van der Waals surface area contributed by atoms with Gasteiger partial charge in [0, 0.05) is 39.3 Å². The van der Waals surface area contributed by atoms with Gasteiger partial charge < -0.3 is 47.4 Å². The Morgan fingerprint density at radius 2 is 0.395 bits per heavy atom. The van der Waals surface area contributed by atoms with Crippen LogP contribution >= 0.6 is 0 Å². The molecule has 0 aliphatic carbocycles. The molecule has 0 amide bonds. The zero-order valence-corrected chi connectivity index (χ0v) is 23.4. The van der Waals surface area contributed by atoms with Gasteiger partial charge in [0.2, 0.25) is 0 Å². The molecule has 2 aliphatic heterocycles. The van der Waals surface area contributed by atoms with Crippen molar-refractivity contribution in [1.29, 1.82) is 0 Å². The summed E-state index contributed by atoms with van der Waals surface area (Å²) in [5.41, 5.74) is 0. The van der Waals surface area contributed by atoms with E-state index in [-0.39, 0.29) is 0 Å². The molecular formula is C26H52N2O10. The lowest BCUT2D eigenvalue weighted by atomic mass is 10.4. The Labute approximate surface area is 229 Å². The molecule has 2 saturated heterocycles. The van der Waals surface area contributed by atoms with Gasteiger partial charge in [0.05, 0.1) is 132 Å². The Balaban J connectivity index is 1.74. The van der Waals surface area contributed by atoms with Crippen LogP contribution in [-0.4, -0.2) is 181 Å². The second-order valence-electron chi connectivity index (χ2n) is 8.81. The topological polar surface area (TPSA) is 98.8 Å². The molecule has 0 aromatic rings. The highest BCUT2D eigenvalue weighted by Crippen LogP contribution is 1.97. The molecule has 0 spiro atoms.